The number of amides is 1. The Kier molecular flexibility index (Phi) is 9.01. The van der Waals surface area contributed by atoms with Gasteiger partial charge in [-0.25, -0.2) is 16.8 Å². The average molecular weight is 541 g/mol. The standard InChI is InChI=1S/C25H32N2O5S2.ClH/c1-2-14-27(18-17-26-15-7-4-8-16-26)25(28)21-12-9-13-22-24(21)23(19-33(22,29)30)34(31,32)20-10-5-3-6-11-20;/h3,5-6,9-13,23H,2,4,7-8,14-19H2,1H3;1H. The van der Waals surface area contributed by atoms with Crippen molar-refractivity contribution < 1.29 is 21.6 Å². The molecular weight excluding hydrogens is 508 g/mol. The second kappa shape index (κ2) is 11.4. The van der Waals surface area contributed by atoms with E-state index >= 15 is 0 Å². The zero-order valence-corrected chi connectivity index (χ0v) is 22.4. The predicted octanol–water partition coefficient (Wildman–Crippen LogP) is 3.75. The van der Waals surface area contributed by atoms with E-state index in [0.29, 0.717) is 13.1 Å². The quantitative estimate of drug-likeness (QED) is 0.506. The van der Waals surface area contributed by atoms with Gasteiger partial charge in [-0.05, 0) is 56.6 Å². The van der Waals surface area contributed by atoms with Crippen LogP contribution in [0, 0.1) is 0 Å². The minimum atomic E-state index is -4.00. The predicted molar refractivity (Wildman–Crippen MR) is 139 cm³/mol. The number of carbonyl (C=O) groups excluding carboxylic acids is 1. The number of hydrogen-bond donors (Lipinski definition) is 0. The number of halogens is 1. The van der Waals surface area contributed by atoms with Crippen molar-refractivity contribution in [1.29, 1.82) is 0 Å². The molecule has 2 aliphatic heterocycles. The lowest BCUT2D eigenvalue weighted by molar-refractivity contribution is 0.0728. The summed E-state index contributed by atoms with van der Waals surface area (Å²) < 4.78 is 52.9. The Labute approximate surface area is 214 Å². The molecule has 7 nitrogen and oxygen atoms in total. The second-order valence-corrected chi connectivity index (χ2v) is 13.2. The number of piperidine rings is 1. The molecule has 192 valence electrons. The van der Waals surface area contributed by atoms with Crippen LogP contribution < -0.4 is 0 Å². The maximum absolute atomic E-state index is 13.7. The zero-order valence-electron chi connectivity index (χ0n) is 19.9. The van der Waals surface area contributed by atoms with Crippen molar-refractivity contribution in [3.05, 3.63) is 59.7 Å². The summed E-state index contributed by atoms with van der Waals surface area (Å²) in [4.78, 5) is 17.8. The molecule has 0 bridgehead atoms. The topological polar surface area (TPSA) is 91.8 Å². The van der Waals surface area contributed by atoms with Crippen LogP contribution in [0.3, 0.4) is 0 Å². The highest BCUT2D eigenvalue weighted by atomic mass is 35.5. The van der Waals surface area contributed by atoms with E-state index in [-0.39, 0.29) is 39.2 Å². The summed E-state index contributed by atoms with van der Waals surface area (Å²) in [5, 5.41) is -1.30. The minimum absolute atomic E-state index is 0. The fraction of sp³-hybridized carbons (Fsp3) is 0.480. The highest BCUT2D eigenvalue weighted by Crippen LogP contribution is 2.43. The van der Waals surface area contributed by atoms with E-state index in [2.05, 4.69) is 4.90 Å². The van der Waals surface area contributed by atoms with Gasteiger partial charge in [0.05, 0.1) is 15.5 Å². The number of benzene rings is 2. The molecule has 35 heavy (non-hydrogen) atoms. The molecule has 2 aliphatic rings. The first kappa shape index (κ1) is 27.6. The maximum Gasteiger partial charge on any atom is 0.254 e. The third-order valence-corrected chi connectivity index (χ3v) is 10.8. The number of likely N-dealkylation sites (tertiary alicyclic amines) is 1. The number of sulfone groups is 2. The van der Waals surface area contributed by atoms with Gasteiger partial charge in [0.2, 0.25) is 0 Å². The number of fused-ring (bicyclic) bond motifs is 1. The number of hydrogen-bond acceptors (Lipinski definition) is 6. The number of rotatable bonds is 8. The van der Waals surface area contributed by atoms with Gasteiger partial charge in [-0.1, -0.05) is 37.6 Å². The monoisotopic (exact) mass is 540 g/mol. The normalized spacial score (nSPS) is 19.5. The summed E-state index contributed by atoms with van der Waals surface area (Å²) in [6.45, 7) is 5.84. The van der Waals surface area contributed by atoms with Crippen LogP contribution in [0.25, 0.3) is 0 Å². The molecule has 10 heteroatoms. The van der Waals surface area contributed by atoms with E-state index in [1.165, 1.54) is 30.7 Å². The van der Waals surface area contributed by atoms with Crippen molar-refractivity contribution in [3.63, 3.8) is 0 Å². The summed E-state index contributed by atoms with van der Waals surface area (Å²) in [6, 6.07) is 12.4. The zero-order chi connectivity index (χ0) is 24.3. The maximum atomic E-state index is 13.7. The second-order valence-electron chi connectivity index (χ2n) is 9.04. The molecule has 2 heterocycles. The first-order valence-corrected chi connectivity index (χ1v) is 15.1. The van der Waals surface area contributed by atoms with Gasteiger partial charge in [-0.15, -0.1) is 12.4 Å². The molecule has 0 saturated carbocycles. The smallest absolute Gasteiger partial charge is 0.254 e. The van der Waals surface area contributed by atoms with Crippen molar-refractivity contribution >= 4 is 38.0 Å². The molecule has 1 amide bonds. The lowest BCUT2D eigenvalue weighted by Gasteiger charge is -2.30. The molecular formula is C25H33ClN2O5S2. The van der Waals surface area contributed by atoms with Gasteiger partial charge in [-0.3, -0.25) is 4.79 Å². The third kappa shape index (κ3) is 5.74. The highest BCUT2D eigenvalue weighted by Gasteiger charge is 2.45. The lowest BCUT2D eigenvalue weighted by Crippen LogP contribution is -2.41. The van der Waals surface area contributed by atoms with E-state index in [9.17, 15) is 21.6 Å². The fourth-order valence-corrected chi connectivity index (χ4v) is 9.30. The van der Waals surface area contributed by atoms with E-state index in [1.54, 1.807) is 29.2 Å². The Hall–Kier alpha value is -1.94. The Bertz CT molecular complexity index is 1240. The van der Waals surface area contributed by atoms with Crippen LogP contribution in [0.2, 0.25) is 0 Å². The van der Waals surface area contributed by atoms with E-state index in [4.69, 9.17) is 0 Å². The van der Waals surface area contributed by atoms with E-state index in [1.807, 2.05) is 6.92 Å². The molecule has 0 radical (unpaired) electrons. The van der Waals surface area contributed by atoms with Crippen LogP contribution >= 0.6 is 12.4 Å². The molecule has 2 aromatic carbocycles. The van der Waals surface area contributed by atoms with Crippen molar-refractivity contribution in [3.8, 4) is 0 Å². The van der Waals surface area contributed by atoms with Crippen molar-refractivity contribution in [2.45, 2.75) is 47.6 Å². The van der Waals surface area contributed by atoms with Gasteiger partial charge in [-0.2, -0.15) is 0 Å². The molecule has 0 N–H and O–H groups in total. The van der Waals surface area contributed by atoms with Gasteiger partial charge in [0, 0.05) is 30.8 Å². The molecule has 0 spiro atoms. The highest BCUT2D eigenvalue weighted by molar-refractivity contribution is 7.96. The van der Waals surface area contributed by atoms with Crippen molar-refractivity contribution in [2.75, 3.05) is 38.5 Å². The first-order chi connectivity index (χ1) is 16.3. The van der Waals surface area contributed by atoms with E-state index in [0.717, 1.165) is 38.9 Å². The number of nitrogens with zero attached hydrogens (tertiary/aromatic N) is 2. The Balaban J connectivity index is 0.00000342. The van der Waals surface area contributed by atoms with Gasteiger partial charge in [0.25, 0.3) is 5.91 Å². The molecule has 0 aromatic heterocycles. The van der Waals surface area contributed by atoms with Gasteiger partial charge in [0.1, 0.15) is 5.25 Å². The van der Waals surface area contributed by atoms with E-state index < -0.39 is 30.7 Å². The number of carbonyl (C=O) groups is 1. The van der Waals surface area contributed by atoms with Crippen LogP contribution in [0.1, 0.15) is 53.8 Å². The lowest BCUT2D eigenvalue weighted by atomic mass is 10.0. The molecule has 1 saturated heterocycles. The largest absolute Gasteiger partial charge is 0.337 e. The molecule has 1 unspecified atom stereocenters. The SMILES string of the molecule is CCCN(CCN1CCCCC1)C(=O)c1cccc2c1C(S(=O)(=O)c1ccccc1)CS2(=O)=O.Cl. The summed E-state index contributed by atoms with van der Waals surface area (Å²) >= 11 is 0. The average Bonchev–Trinajstić information content (AvgIpc) is 3.14. The summed E-state index contributed by atoms with van der Waals surface area (Å²) in [6.07, 6.45) is 4.30. The summed E-state index contributed by atoms with van der Waals surface area (Å²) in [5.74, 6) is -0.855. The van der Waals surface area contributed by atoms with Crippen LogP contribution in [-0.2, 0) is 19.7 Å². The third-order valence-electron chi connectivity index (χ3n) is 6.69. The van der Waals surface area contributed by atoms with Crippen LogP contribution in [0.4, 0.5) is 0 Å². The first-order valence-electron chi connectivity index (χ1n) is 11.9. The van der Waals surface area contributed by atoms with Crippen molar-refractivity contribution in [2.24, 2.45) is 0 Å². The van der Waals surface area contributed by atoms with Crippen LogP contribution in [-0.4, -0.2) is 71.0 Å². The Morgan fingerprint density at radius 2 is 1.69 bits per heavy atom. The molecule has 1 fully saturated rings. The Morgan fingerprint density at radius 3 is 2.34 bits per heavy atom. The minimum Gasteiger partial charge on any atom is -0.337 e. The molecule has 1 atom stereocenters. The van der Waals surface area contributed by atoms with Crippen LogP contribution in [0.15, 0.2) is 58.3 Å². The fourth-order valence-electron chi connectivity index (χ4n) is 4.93. The summed E-state index contributed by atoms with van der Waals surface area (Å²) in [7, 11) is -7.83. The van der Waals surface area contributed by atoms with Gasteiger partial charge < -0.3 is 9.80 Å². The van der Waals surface area contributed by atoms with Crippen molar-refractivity contribution in [1.82, 2.24) is 9.80 Å². The summed E-state index contributed by atoms with van der Waals surface area (Å²) in [5.41, 5.74) is 0.297. The molecule has 0 aliphatic carbocycles. The Morgan fingerprint density at radius 1 is 1.00 bits per heavy atom. The van der Waals surface area contributed by atoms with Gasteiger partial charge in [0.15, 0.2) is 19.7 Å². The van der Waals surface area contributed by atoms with Gasteiger partial charge >= 0.3 is 0 Å². The van der Waals surface area contributed by atoms with Crippen LogP contribution in [0.5, 0.6) is 0 Å². The molecule has 2 aromatic rings. The molecule has 4 rings (SSSR count).